The second-order valence-corrected chi connectivity index (χ2v) is 14.9. The number of fused-ring (bicyclic) bond motifs is 13. The molecule has 0 aliphatic heterocycles. The molecule has 0 N–H and O–H groups in total. The molecule has 2 nitrogen and oxygen atoms in total. The summed E-state index contributed by atoms with van der Waals surface area (Å²) in [5.41, 5.74) is 12.0. The first-order valence-corrected chi connectivity index (χ1v) is 19.4. The Morgan fingerprint density at radius 3 is 1.20 bits per heavy atom. The van der Waals surface area contributed by atoms with E-state index >= 15 is 0 Å². The monoisotopic (exact) mass is 710 g/mol. The van der Waals surface area contributed by atoms with E-state index in [-0.39, 0.29) is 0 Å². The van der Waals surface area contributed by atoms with Gasteiger partial charge in [0, 0.05) is 32.9 Å². The summed E-state index contributed by atoms with van der Waals surface area (Å²) in [7, 11) is 0. The SMILES string of the molecule is c1ccc(-c2ccc(-c3cccc(-n4c5ccccc5c5c6c7ccccc7n(-c7ccc8c9ccccc9c9ccccc9c8c7)c6ccc54)c3)cc2)cc1. The van der Waals surface area contributed by atoms with Crippen LogP contribution in [0.1, 0.15) is 0 Å². The predicted octanol–water partition coefficient (Wildman–Crippen LogP) is 14.7. The average molecular weight is 711 g/mol. The summed E-state index contributed by atoms with van der Waals surface area (Å²) in [6, 6.07) is 75.6. The molecule has 2 heterocycles. The Morgan fingerprint density at radius 1 is 0.214 bits per heavy atom. The third-order valence-electron chi connectivity index (χ3n) is 11.9. The molecule has 260 valence electrons. The molecule has 2 aromatic heterocycles. The van der Waals surface area contributed by atoms with E-state index in [2.05, 4.69) is 215 Å². The van der Waals surface area contributed by atoms with Crippen molar-refractivity contribution in [3.63, 3.8) is 0 Å². The first kappa shape index (κ1) is 31.0. The Hall–Kier alpha value is -7.42. The number of hydrogen-bond acceptors (Lipinski definition) is 0. The molecule has 0 saturated heterocycles. The Balaban J connectivity index is 1.08. The van der Waals surface area contributed by atoms with Crippen molar-refractivity contribution in [3.8, 4) is 33.6 Å². The molecule has 12 rings (SSSR count). The van der Waals surface area contributed by atoms with E-state index in [1.165, 1.54) is 104 Å². The van der Waals surface area contributed by atoms with Crippen LogP contribution in [0.4, 0.5) is 0 Å². The van der Waals surface area contributed by atoms with Crippen LogP contribution in [-0.4, -0.2) is 9.13 Å². The molecular weight excluding hydrogens is 677 g/mol. The minimum Gasteiger partial charge on any atom is -0.309 e. The quantitative estimate of drug-likeness (QED) is 0.161. The van der Waals surface area contributed by atoms with Crippen LogP contribution in [0.5, 0.6) is 0 Å². The molecule has 0 fully saturated rings. The maximum absolute atomic E-state index is 2.47. The summed E-state index contributed by atoms with van der Waals surface area (Å²) in [5, 5.41) is 12.8. The van der Waals surface area contributed by atoms with Gasteiger partial charge in [-0.25, -0.2) is 0 Å². The van der Waals surface area contributed by atoms with Gasteiger partial charge in [-0.1, -0.05) is 158 Å². The van der Waals surface area contributed by atoms with Crippen LogP contribution in [0, 0.1) is 0 Å². The molecule has 2 heteroatoms. The molecule has 12 aromatic rings. The number of nitrogens with zero attached hydrogens (tertiary/aromatic N) is 2. The predicted molar refractivity (Wildman–Crippen MR) is 239 cm³/mol. The van der Waals surface area contributed by atoms with Gasteiger partial charge in [0.05, 0.1) is 22.1 Å². The Labute approximate surface area is 323 Å². The maximum Gasteiger partial charge on any atom is 0.0548 e. The smallest absolute Gasteiger partial charge is 0.0548 e. The maximum atomic E-state index is 2.47. The van der Waals surface area contributed by atoms with Crippen LogP contribution in [-0.2, 0) is 0 Å². The molecule has 56 heavy (non-hydrogen) atoms. The normalized spacial score (nSPS) is 11.9. The molecule has 0 radical (unpaired) electrons. The molecule has 0 bridgehead atoms. The van der Waals surface area contributed by atoms with Crippen molar-refractivity contribution >= 4 is 75.9 Å². The van der Waals surface area contributed by atoms with Crippen molar-refractivity contribution in [3.05, 3.63) is 206 Å². The molecular formula is C54H34N2. The Morgan fingerprint density at radius 2 is 0.625 bits per heavy atom. The highest BCUT2D eigenvalue weighted by Gasteiger charge is 2.21. The third-order valence-corrected chi connectivity index (χ3v) is 11.9. The van der Waals surface area contributed by atoms with Crippen LogP contribution < -0.4 is 0 Å². The lowest BCUT2D eigenvalue weighted by atomic mass is 9.94. The van der Waals surface area contributed by atoms with E-state index < -0.39 is 0 Å². The number of benzene rings is 10. The summed E-state index contributed by atoms with van der Waals surface area (Å²) in [5.74, 6) is 0. The number of para-hydroxylation sites is 2. The fourth-order valence-corrected chi connectivity index (χ4v) is 9.42. The van der Waals surface area contributed by atoms with Gasteiger partial charge in [0.25, 0.3) is 0 Å². The van der Waals surface area contributed by atoms with E-state index in [0.717, 1.165) is 5.69 Å². The van der Waals surface area contributed by atoms with Crippen molar-refractivity contribution in [2.45, 2.75) is 0 Å². The van der Waals surface area contributed by atoms with Gasteiger partial charge in [-0.15, -0.1) is 0 Å². The van der Waals surface area contributed by atoms with Crippen molar-refractivity contribution in [2.75, 3.05) is 0 Å². The number of hydrogen-bond donors (Lipinski definition) is 0. The van der Waals surface area contributed by atoms with Crippen LogP contribution in [0.15, 0.2) is 206 Å². The largest absolute Gasteiger partial charge is 0.309 e. The number of rotatable bonds is 4. The summed E-state index contributed by atoms with van der Waals surface area (Å²) in [4.78, 5) is 0. The highest BCUT2D eigenvalue weighted by atomic mass is 15.0. The van der Waals surface area contributed by atoms with E-state index in [0.29, 0.717) is 0 Å². The Bertz CT molecular complexity index is 3480. The van der Waals surface area contributed by atoms with Gasteiger partial charge in [0.1, 0.15) is 0 Å². The van der Waals surface area contributed by atoms with E-state index in [9.17, 15) is 0 Å². The van der Waals surface area contributed by atoms with E-state index in [4.69, 9.17) is 0 Å². The van der Waals surface area contributed by atoms with E-state index in [1.54, 1.807) is 0 Å². The fraction of sp³-hybridized carbons (Fsp3) is 0. The van der Waals surface area contributed by atoms with Crippen LogP contribution in [0.3, 0.4) is 0 Å². The Kier molecular flexibility index (Phi) is 6.66. The zero-order chi connectivity index (χ0) is 36.7. The van der Waals surface area contributed by atoms with Gasteiger partial charge in [0.15, 0.2) is 0 Å². The van der Waals surface area contributed by atoms with Gasteiger partial charge in [-0.05, 0) is 103 Å². The third kappa shape index (κ3) is 4.50. The van der Waals surface area contributed by atoms with E-state index in [1.807, 2.05) is 0 Å². The molecule has 0 aliphatic carbocycles. The molecule has 0 atom stereocenters. The lowest BCUT2D eigenvalue weighted by molar-refractivity contribution is 1.17. The van der Waals surface area contributed by atoms with Crippen molar-refractivity contribution < 1.29 is 0 Å². The zero-order valence-corrected chi connectivity index (χ0v) is 30.5. The lowest BCUT2D eigenvalue weighted by Crippen LogP contribution is -1.95. The van der Waals surface area contributed by atoms with Gasteiger partial charge in [-0.3, -0.25) is 0 Å². The molecule has 0 aliphatic rings. The summed E-state index contributed by atoms with van der Waals surface area (Å²) in [6.45, 7) is 0. The van der Waals surface area contributed by atoms with Gasteiger partial charge >= 0.3 is 0 Å². The summed E-state index contributed by atoms with van der Waals surface area (Å²) >= 11 is 0. The highest BCUT2D eigenvalue weighted by molar-refractivity contribution is 6.29. The van der Waals surface area contributed by atoms with Gasteiger partial charge in [0.2, 0.25) is 0 Å². The van der Waals surface area contributed by atoms with Crippen LogP contribution >= 0.6 is 0 Å². The van der Waals surface area contributed by atoms with Crippen molar-refractivity contribution in [2.24, 2.45) is 0 Å². The topological polar surface area (TPSA) is 9.86 Å². The molecule has 0 amide bonds. The summed E-state index contributed by atoms with van der Waals surface area (Å²) in [6.07, 6.45) is 0. The summed E-state index contributed by atoms with van der Waals surface area (Å²) < 4.78 is 4.92. The second kappa shape index (κ2) is 12.0. The first-order chi connectivity index (χ1) is 27.8. The molecule has 0 unspecified atom stereocenters. The molecule has 10 aromatic carbocycles. The van der Waals surface area contributed by atoms with Crippen LogP contribution in [0.2, 0.25) is 0 Å². The minimum absolute atomic E-state index is 1.15. The lowest BCUT2D eigenvalue weighted by Gasteiger charge is -2.14. The standard InChI is InChI=1S/C54H34N2/c1-2-13-35(14-3-1)36-25-27-37(28-26-36)38-15-12-16-39(33-38)55-49-23-10-8-21-46(49)53-51(55)31-32-52-54(53)47-22-9-11-24-50(47)56(52)40-29-30-45-43-19-5-4-17-41(43)42-18-6-7-20-44(42)48(45)34-40/h1-34H. The average Bonchev–Trinajstić information content (AvgIpc) is 3.80. The molecule has 0 spiro atoms. The first-order valence-electron chi connectivity index (χ1n) is 19.4. The zero-order valence-electron chi connectivity index (χ0n) is 30.5. The highest BCUT2D eigenvalue weighted by Crippen LogP contribution is 2.44. The second-order valence-electron chi connectivity index (χ2n) is 14.9. The van der Waals surface area contributed by atoms with Crippen molar-refractivity contribution in [1.82, 2.24) is 9.13 Å². The van der Waals surface area contributed by atoms with Gasteiger partial charge < -0.3 is 9.13 Å². The number of aromatic nitrogens is 2. The fourth-order valence-electron chi connectivity index (χ4n) is 9.42. The van der Waals surface area contributed by atoms with Gasteiger partial charge in [-0.2, -0.15) is 0 Å². The van der Waals surface area contributed by atoms with Crippen LogP contribution in [0.25, 0.3) is 110 Å². The van der Waals surface area contributed by atoms with Crippen molar-refractivity contribution in [1.29, 1.82) is 0 Å². The molecule has 0 saturated carbocycles. The minimum atomic E-state index is 1.15.